The third kappa shape index (κ3) is 3.47. The van der Waals surface area contributed by atoms with Crippen LogP contribution in [-0.2, 0) is 0 Å². The lowest BCUT2D eigenvalue weighted by atomic mass is 10.1. The Kier molecular flexibility index (Phi) is 4.54. The van der Waals surface area contributed by atoms with Crippen molar-refractivity contribution in [1.82, 2.24) is 10.3 Å². The predicted molar refractivity (Wildman–Crippen MR) is 63.7 cm³/mol. The highest BCUT2D eigenvalue weighted by Crippen LogP contribution is 2.12. The summed E-state index contributed by atoms with van der Waals surface area (Å²) in [5.41, 5.74) is 0. The SMILES string of the molecule is Cc1ncc(C(=O)NC(CCl)C(C)C)s1. The third-order valence-electron chi connectivity index (χ3n) is 2.13. The molecule has 0 saturated heterocycles. The van der Waals surface area contributed by atoms with E-state index in [1.54, 1.807) is 6.20 Å². The van der Waals surface area contributed by atoms with Gasteiger partial charge in [-0.25, -0.2) is 4.98 Å². The summed E-state index contributed by atoms with van der Waals surface area (Å²) in [4.78, 5) is 16.4. The van der Waals surface area contributed by atoms with Gasteiger partial charge < -0.3 is 5.32 Å². The number of hydrogen-bond acceptors (Lipinski definition) is 3. The molecular formula is C10H15ClN2OS. The largest absolute Gasteiger partial charge is 0.347 e. The average Bonchev–Trinajstić information content (AvgIpc) is 2.60. The lowest BCUT2D eigenvalue weighted by Crippen LogP contribution is -2.39. The summed E-state index contributed by atoms with van der Waals surface area (Å²) in [6, 6.07) is 0.0153. The molecule has 0 aromatic carbocycles. The van der Waals surface area contributed by atoms with Gasteiger partial charge in [-0.2, -0.15) is 0 Å². The van der Waals surface area contributed by atoms with Gasteiger partial charge in [0.05, 0.1) is 11.2 Å². The van der Waals surface area contributed by atoms with Crippen molar-refractivity contribution in [2.75, 3.05) is 5.88 Å². The molecule has 1 amide bonds. The fourth-order valence-corrected chi connectivity index (χ4v) is 2.20. The van der Waals surface area contributed by atoms with Gasteiger partial charge in [0.15, 0.2) is 0 Å². The number of carbonyl (C=O) groups is 1. The maximum Gasteiger partial charge on any atom is 0.263 e. The zero-order chi connectivity index (χ0) is 11.4. The number of rotatable bonds is 4. The number of alkyl halides is 1. The second-order valence-corrected chi connectivity index (χ2v) is 5.27. The summed E-state index contributed by atoms with van der Waals surface area (Å²) >= 11 is 7.17. The Morgan fingerprint density at radius 3 is 2.73 bits per heavy atom. The molecule has 0 radical (unpaired) electrons. The molecule has 3 nitrogen and oxygen atoms in total. The minimum atomic E-state index is -0.0834. The average molecular weight is 247 g/mol. The normalized spacial score (nSPS) is 12.9. The van der Waals surface area contributed by atoms with Crippen molar-refractivity contribution in [1.29, 1.82) is 0 Å². The number of hydrogen-bond donors (Lipinski definition) is 1. The molecule has 0 bridgehead atoms. The lowest BCUT2D eigenvalue weighted by Gasteiger charge is -2.18. The fourth-order valence-electron chi connectivity index (χ4n) is 1.09. The summed E-state index contributed by atoms with van der Waals surface area (Å²) in [5.74, 6) is 0.682. The zero-order valence-electron chi connectivity index (χ0n) is 9.08. The summed E-state index contributed by atoms with van der Waals surface area (Å²) in [6.45, 7) is 5.94. The van der Waals surface area contributed by atoms with Crippen molar-refractivity contribution < 1.29 is 4.79 Å². The molecule has 84 valence electrons. The molecule has 0 spiro atoms. The molecule has 5 heteroatoms. The van der Waals surface area contributed by atoms with Crippen LogP contribution in [-0.4, -0.2) is 22.8 Å². The van der Waals surface area contributed by atoms with E-state index in [4.69, 9.17) is 11.6 Å². The molecule has 0 fully saturated rings. The van der Waals surface area contributed by atoms with E-state index in [2.05, 4.69) is 10.3 Å². The maximum atomic E-state index is 11.7. The van der Waals surface area contributed by atoms with Crippen LogP contribution in [0.1, 0.15) is 28.5 Å². The van der Waals surface area contributed by atoms with Gasteiger partial charge >= 0.3 is 0 Å². The Morgan fingerprint density at radius 2 is 2.33 bits per heavy atom. The van der Waals surface area contributed by atoms with E-state index in [0.717, 1.165) is 5.01 Å². The molecule has 1 rings (SSSR count). The molecule has 1 aromatic heterocycles. The van der Waals surface area contributed by atoms with Crippen molar-refractivity contribution in [3.63, 3.8) is 0 Å². The molecule has 0 saturated carbocycles. The number of thiazole rings is 1. The zero-order valence-corrected chi connectivity index (χ0v) is 10.7. The minimum Gasteiger partial charge on any atom is -0.347 e. The second kappa shape index (κ2) is 5.47. The van der Waals surface area contributed by atoms with Gasteiger partial charge in [0, 0.05) is 11.9 Å². The van der Waals surface area contributed by atoms with Crippen LogP contribution in [0.15, 0.2) is 6.20 Å². The van der Waals surface area contributed by atoms with Crippen LogP contribution in [0.3, 0.4) is 0 Å². The first-order valence-corrected chi connectivity index (χ1v) is 6.19. The topological polar surface area (TPSA) is 42.0 Å². The van der Waals surface area contributed by atoms with Crippen LogP contribution < -0.4 is 5.32 Å². The second-order valence-electron chi connectivity index (χ2n) is 3.72. The maximum absolute atomic E-state index is 11.7. The van der Waals surface area contributed by atoms with Crippen LogP contribution in [0.25, 0.3) is 0 Å². The Hall–Kier alpha value is -0.610. The Labute approximate surface area is 98.9 Å². The number of nitrogens with zero attached hydrogens (tertiary/aromatic N) is 1. The highest BCUT2D eigenvalue weighted by molar-refractivity contribution is 7.13. The van der Waals surface area contributed by atoms with Crippen LogP contribution >= 0.6 is 22.9 Å². The molecule has 0 aliphatic rings. The highest BCUT2D eigenvalue weighted by Gasteiger charge is 2.17. The van der Waals surface area contributed by atoms with Crippen LogP contribution in [0.5, 0.6) is 0 Å². The molecular weight excluding hydrogens is 232 g/mol. The van der Waals surface area contributed by atoms with Crippen LogP contribution in [0.4, 0.5) is 0 Å². The Morgan fingerprint density at radius 1 is 1.67 bits per heavy atom. The monoisotopic (exact) mass is 246 g/mol. The molecule has 0 aliphatic carbocycles. The van der Waals surface area contributed by atoms with E-state index in [1.807, 2.05) is 20.8 Å². The Balaban J connectivity index is 2.62. The number of aryl methyl sites for hydroxylation is 1. The van der Waals surface area contributed by atoms with Crippen molar-refractivity contribution in [2.24, 2.45) is 5.92 Å². The first-order chi connectivity index (χ1) is 7.04. The van der Waals surface area contributed by atoms with Crippen LogP contribution in [0.2, 0.25) is 0 Å². The summed E-state index contributed by atoms with van der Waals surface area (Å²) in [7, 11) is 0. The summed E-state index contributed by atoms with van der Waals surface area (Å²) < 4.78 is 0. The number of carbonyl (C=O) groups excluding carboxylic acids is 1. The van der Waals surface area contributed by atoms with Gasteiger partial charge in [-0.3, -0.25) is 4.79 Å². The van der Waals surface area contributed by atoms with E-state index >= 15 is 0 Å². The number of nitrogens with one attached hydrogen (secondary N) is 1. The Bertz CT molecular complexity index is 338. The molecule has 15 heavy (non-hydrogen) atoms. The van der Waals surface area contributed by atoms with E-state index in [1.165, 1.54) is 11.3 Å². The summed E-state index contributed by atoms with van der Waals surface area (Å²) in [5, 5.41) is 3.79. The standard InChI is InChI=1S/C10H15ClN2OS/c1-6(2)8(4-11)13-10(14)9-5-12-7(3)15-9/h5-6,8H,4H2,1-3H3,(H,13,14). The predicted octanol–water partition coefficient (Wildman–Crippen LogP) is 2.44. The molecule has 1 N–H and O–H groups in total. The van der Waals surface area contributed by atoms with Gasteiger partial charge in [0.2, 0.25) is 0 Å². The minimum absolute atomic E-state index is 0.0153. The molecule has 1 heterocycles. The van der Waals surface area contributed by atoms with Crippen molar-refractivity contribution in [3.05, 3.63) is 16.1 Å². The van der Waals surface area contributed by atoms with Gasteiger partial charge in [-0.15, -0.1) is 22.9 Å². The van der Waals surface area contributed by atoms with Crippen molar-refractivity contribution in [3.8, 4) is 0 Å². The quantitative estimate of drug-likeness (QED) is 0.830. The van der Waals surface area contributed by atoms with E-state index < -0.39 is 0 Å². The van der Waals surface area contributed by atoms with Gasteiger partial charge in [0.1, 0.15) is 4.88 Å². The first kappa shape index (κ1) is 12.5. The first-order valence-electron chi connectivity index (χ1n) is 4.84. The molecule has 0 aliphatic heterocycles. The van der Waals surface area contributed by atoms with E-state index in [-0.39, 0.29) is 11.9 Å². The number of aromatic nitrogens is 1. The van der Waals surface area contributed by atoms with Gasteiger partial charge in [0.25, 0.3) is 5.91 Å². The number of amides is 1. The molecule has 1 aromatic rings. The smallest absolute Gasteiger partial charge is 0.263 e. The lowest BCUT2D eigenvalue weighted by molar-refractivity contribution is 0.0935. The van der Waals surface area contributed by atoms with Crippen molar-refractivity contribution >= 4 is 28.8 Å². The van der Waals surface area contributed by atoms with Gasteiger partial charge in [-0.05, 0) is 12.8 Å². The third-order valence-corrected chi connectivity index (χ3v) is 3.38. The van der Waals surface area contributed by atoms with E-state index in [9.17, 15) is 4.79 Å². The highest BCUT2D eigenvalue weighted by atomic mass is 35.5. The van der Waals surface area contributed by atoms with E-state index in [0.29, 0.717) is 16.7 Å². The van der Waals surface area contributed by atoms with Crippen LogP contribution in [0, 0.1) is 12.8 Å². The number of halogens is 1. The summed E-state index contributed by atoms with van der Waals surface area (Å²) in [6.07, 6.45) is 1.60. The fraction of sp³-hybridized carbons (Fsp3) is 0.600. The molecule has 1 atom stereocenters. The van der Waals surface area contributed by atoms with Crippen molar-refractivity contribution in [2.45, 2.75) is 26.8 Å². The molecule has 1 unspecified atom stereocenters. The van der Waals surface area contributed by atoms with Gasteiger partial charge in [-0.1, -0.05) is 13.8 Å².